The highest BCUT2D eigenvalue weighted by atomic mass is 19.1. The molecule has 1 aromatic carbocycles. The number of halogens is 1. The van der Waals surface area contributed by atoms with Gasteiger partial charge in [0.15, 0.2) is 0 Å². The molecule has 0 atom stereocenters. The first-order valence-electron chi connectivity index (χ1n) is 3.86. The largest absolute Gasteiger partial charge is 0.305 e. The van der Waals surface area contributed by atoms with Crippen LogP contribution in [0.1, 0.15) is 11.1 Å². The molecule has 5 heteroatoms. The quantitative estimate of drug-likeness (QED) is 0.534. The van der Waals surface area contributed by atoms with Crippen LogP contribution in [-0.2, 0) is 6.42 Å². The van der Waals surface area contributed by atoms with Crippen molar-refractivity contribution in [3.8, 4) is 6.07 Å². The van der Waals surface area contributed by atoms with Gasteiger partial charge in [-0.1, -0.05) is 0 Å². The fourth-order valence-electron chi connectivity index (χ4n) is 1.12. The lowest BCUT2D eigenvalue weighted by molar-refractivity contribution is -0.387. The summed E-state index contributed by atoms with van der Waals surface area (Å²) in [5, 5.41) is 18.8. The molecule has 0 aromatic heterocycles. The van der Waals surface area contributed by atoms with Crippen LogP contribution < -0.4 is 0 Å². The number of nitriles is 1. The number of hydrogen-bond donors (Lipinski definition) is 0. The molecule has 14 heavy (non-hydrogen) atoms. The van der Waals surface area contributed by atoms with Crippen molar-refractivity contribution in [1.82, 2.24) is 0 Å². The molecular weight excluding hydrogens is 187 g/mol. The van der Waals surface area contributed by atoms with Gasteiger partial charge in [-0.2, -0.15) is 9.65 Å². The minimum Gasteiger partial charge on any atom is -0.258 e. The Morgan fingerprint density at radius 2 is 2.29 bits per heavy atom. The van der Waals surface area contributed by atoms with Crippen LogP contribution in [0.4, 0.5) is 10.1 Å². The van der Waals surface area contributed by atoms with Gasteiger partial charge in [0.25, 0.3) is 0 Å². The van der Waals surface area contributed by atoms with E-state index < -0.39 is 16.4 Å². The summed E-state index contributed by atoms with van der Waals surface area (Å²) in [6, 6.07) is 4.04. The first-order chi connectivity index (χ1) is 6.56. The average molecular weight is 194 g/mol. The van der Waals surface area contributed by atoms with E-state index in [9.17, 15) is 14.5 Å². The van der Waals surface area contributed by atoms with Crippen molar-refractivity contribution in [1.29, 1.82) is 5.26 Å². The van der Waals surface area contributed by atoms with Crippen LogP contribution in [0.15, 0.2) is 12.1 Å². The molecule has 1 rings (SSSR count). The summed E-state index contributed by atoms with van der Waals surface area (Å²) >= 11 is 0. The Morgan fingerprint density at radius 1 is 1.64 bits per heavy atom. The van der Waals surface area contributed by atoms with Crippen LogP contribution in [0.25, 0.3) is 0 Å². The molecular formula is C9H7FN2O2. The van der Waals surface area contributed by atoms with E-state index in [-0.39, 0.29) is 6.42 Å². The Morgan fingerprint density at radius 3 is 2.79 bits per heavy atom. The number of hydrogen-bond acceptors (Lipinski definition) is 3. The molecule has 0 saturated carbocycles. The molecule has 4 nitrogen and oxygen atoms in total. The molecule has 0 radical (unpaired) electrons. The zero-order valence-corrected chi connectivity index (χ0v) is 7.45. The maximum absolute atomic E-state index is 13.0. The highest BCUT2D eigenvalue weighted by Gasteiger charge is 2.16. The van der Waals surface area contributed by atoms with Gasteiger partial charge in [0.2, 0.25) is 5.82 Å². The first-order valence-corrected chi connectivity index (χ1v) is 3.86. The van der Waals surface area contributed by atoms with Crippen molar-refractivity contribution < 1.29 is 9.31 Å². The summed E-state index contributed by atoms with van der Waals surface area (Å²) < 4.78 is 13.0. The van der Waals surface area contributed by atoms with Crippen LogP contribution in [0.3, 0.4) is 0 Å². The minimum absolute atomic E-state index is 0.0486. The van der Waals surface area contributed by atoms with E-state index >= 15 is 0 Å². The molecule has 0 heterocycles. The summed E-state index contributed by atoms with van der Waals surface area (Å²) in [6.45, 7) is 1.61. The fraction of sp³-hybridized carbons (Fsp3) is 0.222. The summed E-state index contributed by atoms with van der Waals surface area (Å²) in [5.74, 6) is -0.866. The minimum atomic E-state index is -0.866. The summed E-state index contributed by atoms with van der Waals surface area (Å²) in [7, 11) is 0. The van der Waals surface area contributed by atoms with Crippen molar-refractivity contribution in [3.05, 3.63) is 39.2 Å². The van der Waals surface area contributed by atoms with E-state index in [1.165, 1.54) is 0 Å². The second kappa shape index (κ2) is 3.83. The van der Waals surface area contributed by atoms with Crippen LogP contribution in [0.5, 0.6) is 0 Å². The van der Waals surface area contributed by atoms with Gasteiger partial charge in [-0.15, -0.1) is 0 Å². The van der Waals surface area contributed by atoms with Crippen molar-refractivity contribution in [3.63, 3.8) is 0 Å². The maximum atomic E-state index is 13.0. The van der Waals surface area contributed by atoms with Gasteiger partial charge < -0.3 is 0 Å². The van der Waals surface area contributed by atoms with Gasteiger partial charge in [0, 0.05) is 6.07 Å². The predicted molar refractivity (Wildman–Crippen MR) is 47.1 cm³/mol. The van der Waals surface area contributed by atoms with Gasteiger partial charge in [-0.05, 0) is 24.1 Å². The van der Waals surface area contributed by atoms with E-state index in [0.717, 1.165) is 12.1 Å². The summed E-state index contributed by atoms with van der Waals surface area (Å²) in [5.41, 5.74) is 0.455. The zero-order valence-electron chi connectivity index (χ0n) is 7.45. The van der Waals surface area contributed by atoms with Gasteiger partial charge in [-0.25, -0.2) is 0 Å². The molecule has 1 aromatic rings. The van der Waals surface area contributed by atoms with Gasteiger partial charge in [0.1, 0.15) is 0 Å². The van der Waals surface area contributed by atoms with Crippen LogP contribution >= 0.6 is 0 Å². The fourth-order valence-corrected chi connectivity index (χ4v) is 1.12. The molecule has 0 fully saturated rings. The third kappa shape index (κ3) is 1.85. The lowest BCUT2D eigenvalue weighted by atomic mass is 10.1. The third-order valence-electron chi connectivity index (χ3n) is 1.87. The highest BCUT2D eigenvalue weighted by Crippen LogP contribution is 2.21. The Bertz CT molecular complexity index is 424. The van der Waals surface area contributed by atoms with Gasteiger partial charge in [-0.3, -0.25) is 10.1 Å². The molecule has 0 amide bonds. The third-order valence-corrected chi connectivity index (χ3v) is 1.87. The van der Waals surface area contributed by atoms with Crippen LogP contribution in [-0.4, -0.2) is 4.92 Å². The Kier molecular flexibility index (Phi) is 2.77. The second-order valence-electron chi connectivity index (χ2n) is 2.82. The molecule has 0 aliphatic rings. The van der Waals surface area contributed by atoms with E-state index in [1.54, 1.807) is 6.92 Å². The number of nitrogens with zero attached hydrogens (tertiary/aromatic N) is 2. The molecule has 0 saturated heterocycles. The van der Waals surface area contributed by atoms with E-state index in [4.69, 9.17) is 5.26 Å². The normalized spacial score (nSPS) is 9.50. The number of nitro benzene ring substituents is 1. The Hall–Kier alpha value is -1.96. The van der Waals surface area contributed by atoms with Gasteiger partial charge >= 0.3 is 5.69 Å². The molecule has 0 aliphatic carbocycles. The lowest BCUT2D eigenvalue weighted by Crippen LogP contribution is -1.97. The van der Waals surface area contributed by atoms with Crippen molar-refractivity contribution >= 4 is 5.69 Å². The molecule has 0 unspecified atom stereocenters. The summed E-state index contributed by atoms with van der Waals surface area (Å²) in [6.07, 6.45) is 0.0486. The summed E-state index contributed by atoms with van der Waals surface area (Å²) in [4.78, 5) is 9.58. The molecule has 0 aliphatic heterocycles. The second-order valence-corrected chi connectivity index (χ2v) is 2.82. The number of aryl methyl sites for hydroxylation is 1. The number of nitro groups is 1. The molecule has 0 bridgehead atoms. The Labute approximate surface area is 79.7 Å². The average Bonchev–Trinajstić information content (AvgIpc) is 2.09. The monoisotopic (exact) mass is 194 g/mol. The Balaban J connectivity index is 3.28. The van der Waals surface area contributed by atoms with E-state index in [2.05, 4.69) is 0 Å². The van der Waals surface area contributed by atoms with Crippen molar-refractivity contribution in [2.75, 3.05) is 0 Å². The zero-order chi connectivity index (χ0) is 10.7. The van der Waals surface area contributed by atoms with Crippen LogP contribution in [0, 0.1) is 34.2 Å². The molecule has 0 N–H and O–H groups in total. The standard InChI is InChI=1S/C9H7FN2O2/c1-6-4-8(10)9(12(13)14)5-7(6)2-3-11/h4-5H,2H2,1H3. The van der Waals surface area contributed by atoms with Gasteiger partial charge in [0.05, 0.1) is 17.4 Å². The number of rotatable bonds is 2. The number of benzene rings is 1. The predicted octanol–water partition coefficient (Wildman–Crippen LogP) is 2.11. The van der Waals surface area contributed by atoms with E-state index in [1.807, 2.05) is 6.07 Å². The smallest absolute Gasteiger partial charge is 0.258 e. The SMILES string of the molecule is Cc1cc(F)c([N+](=O)[O-])cc1CC#N. The van der Waals surface area contributed by atoms with Crippen LogP contribution in [0.2, 0.25) is 0 Å². The topological polar surface area (TPSA) is 66.9 Å². The first kappa shape index (κ1) is 10.1. The molecule has 0 spiro atoms. The van der Waals surface area contributed by atoms with Crippen molar-refractivity contribution in [2.24, 2.45) is 0 Å². The highest BCUT2D eigenvalue weighted by molar-refractivity contribution is 5.41. The lowest BCUT2D eigenvalue weighted by Gasteiger charge is -2.01. The van der Waals surface area contributed by atoms with Crippen molar-refractivity contribution in [2.45, 2.75) is 13.3 Å². The molecule has 72 valence electrons. The maximum Gasteiger partial charge on any atom is 0.305 e. The van der Waals surface area contributed by atoms with E-state index in [0.29, 0.717) is 11.1 Å².